The van der Waals surface area contributed by atoms with Gasteiger partial charge in [-0.05, 0) is 24.7 Å². The van der Waals surface area contributed by atoms with Crippen molar-refractivity contribution in [3.05, 3.63) is 34.6 Å². The highest BCUT2D eigenvalue weighted by Gasteiger charge is 2.43. The van der Waals surface area contributed by atoms with Gasteiger partial charge in [-0.3, -0.25) is 0 Å². The van der Waals surface area contributed by atoms with Crippen LogP contribution in [0.25, 0.3) is 0 Å². The third-order valence-corrected chi connectivity index (χ3v) is 3.90. The first kappa shape index (κ1) is 17.0. The summed E-state index contributed by atoms with van der Waals surface area (Å²) in [5.74, 6) is -0.617. The van der Waals surface area contributed by atoms with Crippen LogP contribution in [0, 0.1) is 5.82 Å². The maximum absolute atomic E-state index is 13.7. The Bertz CT molecular complexity index is 560. The molecular formula is C14H18ClFN2O4. The molecule has 1 heterocycles. The summed E-state index contributed by atoms with van der Waals surface area (Å²) in [5.41, 5.74) is -1.11. The van der Waals surface area contributed by atoms with Crippen molar-refractivity contribution in [3.8, 4) is 0 Å². The van der Waals surface area contributed by atoms with Crippen molar-refractivity contribution < 1.29 is 24.1 Å². The summed E-state index contributed by atoms with van der Waals surface area (Å²) in [6.07, 6.45) is -2.00. The normalized spacial score (nSPS) is 25.8. The molecule has 0 unspecified atom stereocenters. The van der Waals surface area contributed by atoms with Gasteiger partial charge >= 0.3 is 6.09 Å². The molecule has 0 radical (unpaired) electrons. The van der Waals surface area contributed by atoms with Gasteiger partial charge in [0.05, 0.1) is 18.2 Å². The molecule has 1 aliphatic rings. The van der Waals surface area contributed by atoms with Crippen molar-refractivity contribution in [2.24, 2.45) is 0 Å². The number of hydrogen-bond acceptors (Lipinski definition) is 4. The van der Waals surface area contributed by atoms with E-state index in [0.717, 1.165) is 4.90 Å². The zero-order valence-corrected chi connectivity index (χ0v) is 12.8. The average molecular weight is 333 g/mol. The van der Waals surface area contributed by atoms with Gasteiger partial charge in [-0.2, -0.15) is 0 Å². The third kappa shape index (κ3) is 3.49. The van der Waals surface area contributed by atoms with Crippen LogP contribution in [0.4, 0.5) is 9.18 Å². The molecule has 2 rings (SSSR count). The lowest BCUT2D eigenvalue weighted by Gasteiger charge is -2.35. The van der Waals surface area contributed by atoms with Crippen LogP contribution in [0.2, 0.25) is 5.02 Å². The predicted molar refractivity (Wildman–Crippen MR) is 78.6 cm³/mol. The molecular weight excluding hydrogens is 315 g/mol. The molecule has 2 atom stereocenters. The molecule has 3 N–H and O–H groups in total. The number of aliphatic hydroxyl groups is 1. The largest absolute Gasteiger partial charge is 0.465 e. The fourth-order valence-electron chi connectivity index (χ4n) is 2.63. The van der Waals surface area contributed by atoms with Gasteiger partial charge in [0.2, 0.25) is 0 Å². The molecule has 22 heavy (non-hydrogen) atoms. The quantitative estimate of drug-likeness (QED) is 0.781. The minimum atomic E-state index is -1.52. The van der Waals surface area contributed by atoms with Gasteiger partial charge in [0.15, 0.2) is 0 Å². The average Bonchev–Trinajstić information content (AvgIpc) is 2.62. The van der Waals surface area contributed by atoms with E-state index in [4.69, 9.17) is 21.4 Å². The van der Waals surface area contributed by atoms with Crippen LogP contribution < -0.4 is 5.32 Å². The Morgan fingerprint density at radius 2 is 2.36 bits per heavy atom. The first-order valence-electron chi connectivity index (χ1n) is 6.79. The van der Waals surface area contributed by atoms with Crippen molar-refractivity contribution >= 4 is 17.7 Å². The zero-order chi connectivity index (χ0) is 16.3. The van der Waals surface area contributed by atoms with Gasteiger partial charge in [0.25, 0.3) is 0 Å². The number of rotatable bonds is 3. The second kappa shape index (κ2) is 6.78. The Balaban J connectivity index is 2.37. The summed E-state index contributed by atoms with van der Waals surface area (Å²) in [4.78, 5) is 12.3. The number of ether oxygens (including phenoxy) is 1. The smallest absolute Gasteiger partial charge is 0.407 e. The Labute approximate surface area is 132 Å². The summed E-state index contributed by atoms with van der Waals surface area (Å²) in [6.45, 7) is 0.185. The number of carboxylic acid groups (broad SMARTS) is 1. The highest BCUT2D eigenvalue weighted by atomic mass is 35.5. The highest BCUT2D eigenvalue weighted by molar-refractivity contribution is 6.30. The SMILES string of the molecule is CNC[C@@]1(O)CN(C(=O)O)CCO[C@@H]1c1ccc(Cl)c(F)c1. The molecule has 1 aromatic rings. The van der Waals surface area contributed by atoms with Gasteiger partial charge in [-0.25, -0.2) is 9.18 Å². The summed E-state index contributed by atoms with van der Waals surface area (Å²) < 4.78 is 19.3. The highest BCUT2D eigenvalue weighted by Crippen LogP contribution is 2.34. The number of hydrogen-bond donors (Lipinski definition) is 3. The molecule has 1 aromatic carbocycles. The molecule has 0 aromatic heterocycles. The Morgan fingerprint density at radius 3 is 2.95 bits per heavy atom. The van der Waals surface area contributed by atoms with Crippen LogP contribution in [0.5, 0.6) is 0 Å². The van der Waals surface area contributed by atoms with Gasteiger partial charge in [-0.15, -0.1) is 0 Å². The Hall–Kier alpha value is -1.41. The van der Waals surface area contributed by atoms with Crippen LogP contribution in [-0.2, 0) is 4.74 Å². The number of nitrogens with zero attached hydrogens (tertiary/aromatic N) is 1. The van der Waals surface area contributed by atoms with Crippen LogP contribution in [0.15, 0.2) is 18.2 Å². The van der Waals surface area contributed by atoms with Crippen LogP contribution >= 0.6 is 11.6 Å². The standard InChI is InChI=1S/C14H18ClFN2O4/c1-17-7-14(21)8-18(13(19)20)4-5-22-12(14)9-2-3-10(15)11(16)6-9/h2-3,6,12,17,21H,4-5,7-8H2,1H3,(H,19,20)/t12-,14-/m1/s1. The topological polar surface area (TPSA) is 82.0 Å². The van der Waals surface area contributed by atoms with E-state index in [9.17, 15) is 14.3 Å². The minimum Gasteiger partial charge on any atom is -0.465 e. The second-order valence-electron chi connectivity index (χ2n) is 5.26. The maximum atomic E-state index is 13.7. The van der Waals surface area contributed by atoms with E-state index in [1.54, 1.807) is 13.1 Å². The number of amides is 1. The van der Waals surface area contributed by atoms with Gasteiger partial charge in [0.1, 0.15) is 17.5 Å². The molecule has 1 amide bonds. The fraction of sp³-hybridized carbons (Fsp3) is 0.500. The summed E-state index contributed by atoms with van der Waals surface area (Å²) >= 11 is 5.67. The summed E-state index contributed by atoms with van der Waals surface area (Å²) in [5, 5.41) is 22.9. The van der Waals surface area contributed by atoms with Crippen LogP contribution in [0.1, 0.15) is 11.7 Å². The molecule has 0 spiro atoms. The number of halogens is 2. The van der Waals surface area contributed by atoms with Gasteiger partial charge in [0, 0.05) is 13.1 Å². The molecule has 6 nitrogen and oxygen atoms in total. The van der Waals surface area contributed by atoms with E-state index in [-0.39, 0.29) is 31.3 Å². The molecule has 0 bridgehead atoms. The van der Waals surface area contributed by atoms with E-state index in [1.165, 1.54) is 12.1 Å². The lowest BCUT2D eigenvalue weighted by Crippen LogP contribution is -2.53. The summed E-state index contributed by atoms with van der Waals surface area (Å²) in [6, 6.07) is 4.15. The summed E-state index contributed by atoms with van der Waals surface area (Å²) in [7, 11) is 1.63. The van der Waals surface area contributed by atoms with Crippen molar-refractivity contribution in [3.63, 3.8) is 0 Å². The molecule has 1 aliphatic heterocycles. The molecule has 122 valence electrons. The molecule has 0 aliphatic carbocycles. The van der Waals surface area contributed by atoms with E-state index in [1.807, 2.05) is 0 Å². The van der Waals surface area contributed by atoms with Crippen molar-refractivity contribution in [1.29, 1.82) is 0 Å². The molecule has 0 saturated carbocycles. The second-order valence-corrected chi connectivity index (χ2v) is 5.67. The van der Waals surface area contributed by atoms with Crippen LogP contribution in [0.3, 0.4) is 0 Å². The van der Waals surface area contributed by atoms with E-state index in [0.29, 0.717) is 5.56 Å². The first-order valence-corrected chi connectivity index (χ1v) is 7.16. The third-order valence-electron chi connectivity index (χ3n) is 3.60. The molecule has 1 fully saturated rings. The lowest BCUT2D eigenvalue weighted by atomic mass is 9.90. The molecule has 8 heteroatoms. The van der Waals surface area contributed by atoms with Gasteiger partial charge in [-0.1, -0.05) is 17.7 Å². The lowest BCUT2D eigenvalue weighted by molar-refractivity contribution is -0.0965. The van der Waals surface area contributed by atoms with Crippen molar-refractivity contribution in [2.75, 3.05) is 33.3 Å². The van der Waals surface area contributed by atoms with Gasteiger partial charge < -0.3 is 25.2 Å². The number of β-amino-alcohol motifs (C(OH)–C–C–N with tert-alkyl or cyclic N) is 1. The monoisotopic (exact) mass is 332 g/mol. The maximum Gasteiger partial charge on any atom is 0.407 e. The number of carbonyl (C=O) groups is 1. The number of nitrogens with one attached hydrogen (secondary N) is 1. The Kier molecular flexibility index (Phi) is 5.23. The number of benzene rings is 1. The minimum absolute atomic E-state index is 0.0262. The predicted octanol–water partition coefficient (Wildman–Crippen LogP) is 1.48. The molecule has 1 saturated heterocycles. The Morgan fingerprint density at radius 1 is 1.64 bits per heavy atom. The zero-order valence-electron chi connectivity index (χ0n) is 12.1. The van der Waals surface area contributed by atoms with E-state index in [2.05, 4.69) is 5.32 Å². The van der Waals surface area contributed by atoms with E-state index < -0.39 is 23.6 Å². The van der Waals surface area contributed by atoms with Crippen molar-refractivity contribution in [2.45, 2.75) is 11.7 Å². The fourth-order valence-corrected chi connectivity index (χ4v) is 2.75. The van der Waals surface area contributed by atoms with Crippen molar-refractivity contribution in [1.82, 2.24) is 10.2 Å². The number of likely N-dealkylation sites (N-methyl/N-ethyl adjacent to an activating group) is 1. The van der Waals surface area contributed by atoms with E-state index >= 15 is 0 Å². The first-order chi connectivity index (χ1) is 10.4. The van der Waals surface area contributed by atoms with Crippen LogP contribution in [-0.4, -0.2) is 60.1 Å².